The number of allylic oxidation sites excluding steroid dienone is 1. The van der Waals surface area contributed by atoms with Crippen LogP contribution in [0.4, 0.5) is 4.79 Å². The molecule has 1 heterocycles. The van der Waals surface area contributed by atoms with Gasteiger partial charge in [-0.25, -0.2) is 4.79 Å². The molecular weight excluding hydrogens is 344 g/mol. The maximum absolute atomic E-state index is 13.4. The lowest BCUT2D eigenvalue weighted by Gasteiger charge is -2.32. The largest absolute Gasteiger partial charge is 0.499 e. The smallest absolute Gasteiger partial charge is 0.408 e. The molecule has 0 saturated heterocycles. The Morgan fingerprint density at radius 3 is 2.26 bits per heavy atom. The van der Waals surface area contributed by atoms with Crippen molar-refractivity contribution >= 4 is 12.0 Å². The van der Waals surface area contributed by atoms with Gasteiger partial charge in [0.1, 0.15) is 17.4 Å². The van der Waals surface area contributed by atoms with E-state index in [4.69, 9.17) is 9.47 Å². The van der Waals surface area contributed by atoms with Gasteiger partial charge in [-0.2, -0.15) is 0 Å². The Kier molecular flexibility index (Phi) is 7.93. The molecule has 0 fully saturated rings. The van der Waals surface area contributed by atoms with Gasteiger partial charge in [0.25, 0.3) is 0 Å². The zero-order valence-electron chi connectivity index (χ0n) is 18.1. The fourth-order valence-corrected chi connectivity index (χ4v) is 3.13. The molecule has 1 unspecified atom stereocenters. The van der Waals surface area contributed by atoms with E-state index in [1.165, 1.54) is 0 Å². The van der Waals surface area contributed by atoms with E-state index in [1.807, 2.05) is 13.8 Å². The summed E-state index contributed by atoms with van der Waals surface area (Å²) in [5.74, 6) is 1.14. The fraction of sp³-hybridized carbons (Fsp3) is 0.714. The molecule has 1 rings (SSSR count). The van der Waals surface area contributed by atoms with Crippen LogP contribution < -0.4 is 5.32 Å². The van der Waals surface area contributed by atoms with Crippen LogP contribution in [0.15, 0.2) is 24.1 Å². The molecule has 154 valence electrons. The van der Waals surface area contributed by atoms with E-state index < -0.39 is 17.7 Å². The zero-order valence-corrected chi connectivity index (χ0v) is 18.1. The Bertz CT molecular complexity index is 587. The van der Waals surface area contributed by atoms with E-state index in [2.05, 4.69) is 25.7 Å². The second-order valence-electron chi connectivity index (χ2n) is 8.92. The topological polar surface area (TPSA) is 67.9 Å². The summed E-state index contributed by atoms with van der Waals surface area (Å²) >= 11 is 0. The van der Waals surface area contributed by atoms with Crippen LogP contribution in [-0.2, 0) is 14.3 Å². The van der Waals surface area contributed by atoms with Crippen molar-refractivity contribution in [1.82, 2.24) is 10.2 Å². The first-order valence-corrected chi connectivity index (χ1v) is 9.62. The maximum Gasteiger partial charge on any atom is 0.408 e. The lowest BCUT2D eigenvalue weighted by atomic mass is 9.99. The average Bonchev–Trinajstić information content (AvgIpc) is 2.78. The Labute approximate surface area is 164 Å². The number of ether oxygens (including phenoxy) is 2. The number of nitrogens with zero attached hydrogens (tertiary/aromatic N) is 1. The molecule has 6 heteroatoms. The van der Waals surface area contributed by atoms with Crippen molar-refractivity contribution in [3.05, 3.63) is 24.1 Å². The summed E-state index contributed by atoms with van der Waals surface area (Å²) in [6, 6.07) is -0.888. The van der Waals surface area contributed by atoms with E-state index in [0.29, 0.717) is 18.0 Å². The van der Waals surface area contributed by atoms with Crippen LogP contribution in [0.5, 0.6) is 0 Å². The van der Waals surface area contributed by atoms with Crippen LogP contribution in [0.2, 0.25) is 0 Å². The molecule has 2 amide bonds. The molecule has 1 aliphatic rings. The molecule has 27 heavy (non-hydrogen) atoms. The number of carbonyl (C=O) groups excluding carboxylic acids is 2. The number of methoxy groups -OCH3 is 1. The monoisotopic (exact) mass is 380 g/mol. The van der Waals surface area contributed by atoms with Gasteiger partial charge < -0.3 is 19.7 Å². The van der Waals surface area contributed by atoms with Crippen molar-refractivity contribution in [2.45, 2.75) is 79.0 Å². The van der Waals surface area contributed by atoms with Crippen LogP contribution in [0.1, 0.15) is 61.3 Å². The van der Waals surface area contributed by atoms with E-state index >= 15 is 0 Å². The number of alkyl carbamates (subject to hydrolysis) is 1. The number of rotatable bonds is 7. The van der Waals surface area contributed by atoms with E-state index in [1.54, 1.807) is 38.9 Å². The first kappa shape index (κ1) is 23.1. The molecule has 2 atom stereocenters. The van der Waals surface area contributed by atoms with Crippen molar-refractivity contribution in [2.75, 3.05) is 7.11 Å². The Morgan fingerprint density at radius 2 is 1.81 bits per heavy atom. The maximum atomic E-state index is 13.4. The summed E-state index contributed by atoms with van der Waals surface area (Å²) in [4.78, 5) is 27.3. The quantitative estimate of drug-likeness (QED) is 0.718. The third-order valence-electron chi connectivity index (χ3n) is 4.12. The Balaban J connectivity index is 3.05. The third kappa shape index (κ3) is 6.92. The predicted octanol–water partition coefficient (Wildman–Crippen LogP) is 4.23. The van der Waals surface area contributed by atoms with Crippen LogP contribution in [0.25, 0.3) is 0 Å². The van der Waals surface area contributed by atoms with Crippen molar-refractivity contribution in [3.63, 3.8) is 0 Å². The number of hydrogen-bond acceptors (Lipinski definition) is 4. The van der Waals surface area contributed by atoms with E-state index in [-0.39, 0.29) is 17.9 Å². The van der Waals surface area contributed by atoms with Crippen molar-refractivity contribution in [3.8, 4) is 0 Å². The summed E-state index contributed by atoms with van der Waals surface area (Å²) in [7, 11) is 1.60. The van der Waals surface area contributed by atoms with Crippen molar-refractivity contribution in [2.24, 2.45) is 11.8 Å². The van der Waals surface area contributed by atoms with Gasteiger partial charge in [0.15, 0.2) is 0 Å². The molecule has 0 saturated carbocycles. The summed E-state index contributed by atoms with van der Waals surface area (Å²) < 4.78 is 10.8. The standard InChI is InChI=1S/C21H36N2O4/c1-13(2)10-16(22-20(25)27-21(6,7)8)19(24)23-15(5)12-18(26-9)17(23)11-14(3)4/h12-14,16-17H,5,10-11H2,1-4,6-9H3,(H,22,25)/t16?,17-/m0/s1. The van der Waals surface area contributed by atoms with Crippen molar-refractivity contribution < 1.29 is 19.1 Å². The highest BCUT2D eigenvalue weighted by Gasteiger charge is 2.39. The zero-order chi connectivity index (χ0) is 20.9. The molecular formula is C21H36N2O4. The number of amides is 2. The van der Waals surface area contributed by atoms with Gasteiger partial charge in [-0.05, 0) is 45.4 Å². The van der Waals surface area contributed by atoms with Gasteiger partial charge in [-0.1, -0.05) is 34.3 Å². The third-order valence-corrected chi connectivity index (χ3v) is 4.12. The highest BCUT2D eigenvalue weighted by atomic mass is 16.6. The van der Waals surface area contributed by atoms with Crippen LogP contribution in [-0.4, -0.2) is 41.7 Å². The minimum Gasteiger partial charge on any atom is -0.499 e. The molecule has 0 aromatic rings. The summed E-state index contributed by atoms with van der Waals surface area (Å²) in [6.45, 7) is 17.6. The van der Waals surface area contributed by atoms with Gasteiger partial charge in [-0.3, -0.25) is 4.79 Å². The van der Waals surface area contributed by atoms with Crippen molar-refractivity contribution in [1.29, 1.82) is 0 Å². The summed E-state index contributed by atoms with van der Waals surface area (Å²) in [5, 5.41) is 2.75. The molecule has 0 aromatic carbocycles. The number of nitrogens with one attached hydrogen (secondary N) is 1. The highest BCUT2D eigenvalue weighted by Crippen LogP contribution is 2.32. The molecule has 1 N–H and O–H groups in total. The normalized spacial score (nSPS) is 18.6. The fourth-order valence-electron chi connectivity index (χ4n) is 3.13. The summed E-state index contributed by atoms with van der Waals surface area (Å²) in [5.41, 5.74) is -0.0419. The first-order valence-electron chi connectivity index (χ1n) is 9.62. The Morgan fingerprint density at radius 1 is 1.22 bits per heavy atom. The summed E-state index contributed by atoms with van der Waals surface area (Å²) in [6.07, 6.45) is 2.47. The van der Waals surface area contributed by atoms with Gasteiger partial charge in [0.05, 0.1) is 13.2 Å². The minimum absolute atomic E-state index is 0.187. The van der Waals surface area contributed by atoms with Gasteiger partial charge >= 0.3 is 6.09 Å². The second-order valence-corrected chi connectivity index (χ2v) is 8.92. The van der Waals surface area contributed by atoms with Crippen LogP contribution in [0.3, 0.4) is 0 Å². The SMILES string of the molecule is C=C1C=C(OC)[C@H](CC(C)C)N1C(=O)C(CC(C)C)NC(=O)OC(C)(C)C. The molecule has 0 bridgehead atoms. The van der Waals surface area contributed by atoms with E-state index in [9.17, 15) is 9.59 Å². The van der Waals surface area contributed by atoms with Gasteiger partial charge in [0.2, 0.25) is 5.91 Å². The van der Waals surface area contributed by atoms with Crippen LogP contribution in [0, 0.1) is 11.8 Å². The molecule has 0 radical (unpaired) electrons. The molecule has 0 aromatic heterocycles. The van der Waals surface area contributed by atoms with E-state index in [0.717, 1.165) is 12.2 Å². The lowest BCUT2D eigenvalue weighted by Crippen LogP contribution is -2.51. The number of carbonyl (C=O) groups is 2. The molecule has 6 nitrogen and oxygen atoms in total. The predicted molar refractivity (Wildman–Crippen MR) is 107 cm³/mol. The minimum atomic E-state index is -0.684. The second kappa shape index (κ2) is 9.29. The highest BCUT2D eigenvalue weighted by molar-refractivity contribution is 5.88. The molecule has 0 spiro atoms. The van der Waals surface area contributed by atoms with Gasteiger partial charge in [-0.15, -0.1) is 0 Å². The van der Waals surface area contributed by atoms with Crippen LogP contribution >= 0.6 is 0 Å². The molecule has 1 aliphatic heterocycles. The first-order chi connectivity index (χ1) is 12.4. The average molecular weight is 381 g/mol. The Hall–Kier alpha value is -1.98. The molecule has 0 aliphatic carbocycles. The van der Waals surface area contributed by atoms with Gasteiger partial charge in [0, 0.05) is 11.8 Å². The lowest BCUT2D eigenvalue weighted by molar-refractivity contribution is -0.133. The number of hydrogen-bond donors (Lipinski definition) is 1.